The van der Waals surface area contributed by atoms with Crippen LogP contribution in [-0.2, 0) is 18.3 Å². The summed E-state index contributed by atoms with van der Waals surface area (Å²) in [5.41, 5.74) is 8.23. The quantitative estimate of drug-likeness (QED) is 0.268. The van der Waals surface area contributed by atoms with Gasteiger partial charge in [0.25, 0.3) is 5.56 Å². The third kappa shape index (κ3) is 5.14. The zero-order valence-electron chi connectivity index (χ0n) is 24.0. The first-order valence-corrected chi connectivity index (χ1v) is 15.5. The average Bonchev–Trinajstić information content (AvgIpc) is 3.78. The van der Waals surface area contributed by atoms with Crippen LogP contribution < -0.4 is 16.2 Å². The number of fused-ring (bicyclic) bond motifs is 1. The van der Waals surface area contributed by atoms with E-state index in [1.807, 2.05) is 13.0 Å². The van der Waals surface area contributed by atoms with Crippen LogP contribution in [0, 0.1) is 6.92 Å². The van der Waals surface area contributed by atoms with E-state index >= 15 is 0 Å². The van der Waals surface area contributed by atoms with Gasteiger partial charge < -0.3 is 19.9 Å². The smallest absolute Gasteiger partial charge is 0.262 e. The SMILES string of the molecule is Cc1scnc1-c1cc2cnc(Nc3ccc(C4CCNC4)cc3)nc2n(Cc2ccn(C)c2C2CCOCC2)c1=O. The number of anilines is 2. The summed E-state index contributed by atoms with van der Waals surface area (Å²) in [7, 11) is 2.09. The normalized spacial score (nSPS) is 17.7. The molecule has 2 aliphatic rings. The Labute approximate surface area is 248 Å². The van der Waals surface area contributed by atoms with E-state index in [0.29, 0.717) is 35.5 Å². The van der Waals surface area contributed by atoms with Crippen molar-refractivity contribution in [3.05, 3.63) is 86.4 Å². The standard InChI is InChI=1S/C32H35N7O2S/c1-20-28(35-19-42-20)27-15-25-17-34-32(36-26-5-3-21(4-6-26)23-7-11-33-16-23)37-30(25)39(31(27)40)18-24-8-12-38(2)29(24)22-9-13-41-14-10-22/h3-6,8,12,15,17,19,22-23,33H,7,9-11,13-14,16,18H2,1-2H3,(H,34,36,37). The summed E-state index contributed by atoms with van der Waals surface area (Å²) < 4.78 is 9.63. The summed E-state index contributed by atoms with van der Waals surface area (Å²) >= 11 is 1.54. The minimum absolute atomic E-state index is 0.0996. The van der Waals surface area contributed by atoms with Gasteiger partial charge in [-0.3, -0.25) is 9.36 Å². The number of aryl methyl sites for hydroxylation is 2. The molecule has 0 spiro atoms. The number of thiazole rings is 1. The summed E-state index contributed by atoms with van der Waals surface area (Å²) in [6.45, 7) is 6.04. The molecule has 1 atom stereocenters. The van der Waals surface area contributed by atoms with E-state index < -0.39 is 0 Å². The van der Waals surface area contributed by atoms with Gasteiger partial charge in [-0.2, -0.15) is 4.98 Å². The molecule has 0 aliphatic carbocycles. The maximum absolute atomic E-state index is 14.2. The second-order valence-corrected chi connectivity index (χ2v) is 12.4. The Morgan fingerprint density at radius 2 is 1.93 bits per heavy atom. The molecule has 0 saturated carbocycles. The molecule has 0 radical (unpaired) electrons. The predicted octanol–water partition coefficient (Wildman–Crippen LogP) is 5.32. The topological polar surface area (TPSA) is 98.9 Å². The third-order valence-electron chi connectivity index (χ3n) is 8.67. The molecule has 0 bridgehead atoms. The summed E-state index contributed by atoms with van der Waals surface area (Å²) in [6.07, 6.45) is 7.01. The third-order valence-corrected chi connectivity index (χ3v) is 9.43. The molecule has 10 heteroatoms. The van der Waals surface area contributed by atoms with Crippen molar-refractivity contribution in [2.24, 2.45) is 7.05 Å². The first-order chi connectivity index (χ1) is 20.5. The molecule has 9 nitrogen and oxygen atoms in total. The predicted molar refractivity (Wildman–Crippen MR) is 167 cm³/mol. The molecule has 42 heavy (non-hydrogen) atoms. The second-order valence-electron chi connectivity index (χ2n) is 11.3. The van der Waals surface area contributed by atoms with Crippen molar-refractivity contribution < 1.29 is 4.74 Å². The van der Waals surface area contributed by atoms with Crippen molar-refractivity contribution in [3.63, 3.8) is 0 Å². The van der Waals surface area contributed by atoms with E-state index in [0.717, 1.165) is 72.8 Å². The number of benzene rings is 1. The van der Waals surface area contributed by atoms with Gasteiger partial charge in [0.15, 0.2) is 0 Å². The van der Waals surface area contributed by atoms with Gasteiger partial charge in [-0.25, -0.2) is 9.97 Å². The van der Waals surface area contributed by atoms with Gasteiger partial charge in [0, 0.05) is 66.8 Å². The lowest BCUT2D eigenvalue weighted by molar-refractivity contribution is 0.0837. The minimum atomic E-state index is -0.0996. The highest BCUT2D eigenvalue weighted by molar-refractivity contribution is 7.10. The Bertz CT molecular complexity index is 1780. The lowest BCUT2D eigenvalue weighted by Crippen LogP contribution is -2.25. The number of pyridine rings is 1. The van der Waals surface area contributed by atoms with Gasteiger partial charge in [0.2, 0.25) is 5.95 Å². The van der Waals surface area contributed by atoms with Crippen LogP contribution in [0.25, 0.3) is 22.3 Å². The molecule has 2 N–H and O–H groups in total. The van der Waals surface area contributed by atoms with Crippen LogP contribution in [0.4, 0.5) is 11.6 Å². The molecule has 5 aromatic rings. The summed E-state index contributed by atoms with van der Waals surface area (Å²) in [5.74, 6) is 1.42. The van der Waals surface area contributed by atoms with Gasteiger partial charge in [0.05, 0.1) is 23.3 Å². The van der Waals surface area contributed by atoms with E-state index in [-0.39, 0.29) is 5.56 Å². The van der Waals surface area contributed by atoms with Crippen LogP contribution in [0.1, 0.15) is 52.8 Å². The van der Waals surface area contributed by atoms with E-state index in [1.54, 1.807) is 27.6 Å². The number of aromatic nitrogens is 5. The molecule has 1 unspecified atom stereocenters. The van der Waals surface area contributed by atoms with Gasteiger partial charge in [-0.05, 0) is 74.0 Å². The molecule has 216 valence electrons. The van der Waals surface area contributed by atoms with Crippen LogP contribution in [0.15, 0.2) is 59.1 Å². The Balaban J connectivity index is 1.29. The maximum Gasteiger partial charge on any atom is 0.262 e. The highest BCUT2D eigenvalue weighted by Crippen LogP contribution is 2.32. The number of hydrogen-bond donors (Lipinski definition) is 2. The average molecular weight is 582 g/mol. The van der Waals surface area contributed by atoms with Crippen molar-refractivity contribution in [2.45, 2.75) is 44.6 Å². The van der Waals surface area contributed by atoms with Gasteiger partial charge in [0.1, 0.15) is 5.65 Å². The van der Waals surface area contributed by atoms with Crippen molar-refractivity contribution in [1.29, 1.82) is 0 Å². The van der Waals surface area contributed by atoms with Crippen LogP contribution in [0.2, 0.25) is 0 Å². The van der Waals surface area contributed by atoms with Crippen molar-refractivity contribution >= 4 is 34.0 Å². The number of rotatable bonds is 7. The van der Waals surface area contributed by atoms with E-state index in [2.05, 4.69) is 68.7 Å². The van der Waals surface area contributed by atoms with Crippen LogP contribution in [-0.4, -0.2) is 50.4 Å². The molecular formula is C32H35N7O2S. The Hall–Kier alpha value is -3.86. The molecule has 4 aromatic heterocycles. The first-order valence-electron chi connectivity index (χ1n) is 14.7. The van der Waals surface area contributed by atoms with E-state index in [1.165, 1.54) is 11.3 Å². The number of ether oxygens (including phenoxy) is 1. The monoisotopic (exact) mass is 581 g/mol. The molecule has 2 fully saturated rings. The highest BCUT2D eigenvalue weighted by Gasteiger charge is 2.24. The van der Waals surface area contributed by atoms with Crippen LogP contribution in [0.5, 0.6) is 0 Å². The number of nitrogens with one attached hydrogen (secondary N) is 2. The molecule has 6 heterocycles. The van der Waals surface area contributed by atoms with Gasteiger partial charge >= 0.3 is 0 Å². The molecule has 0 amide bonds. The first kappa shape index (κ1) is 27.0. The van der Waals surface area contributed by atoms with Crippen molar-refractivity contribution in [2.75, 3.05) is 31.6 Å². The zero-order valence-corrected chi connectivity index (χ0v) is 24.8. The van der Waals surface area contributed by atoms with Gasteiger partial charge in [-0.1, -0.05) is 12.1 Å². The van der Waals surface area contributed by atoms with Crippen molar-refractivity contribution in [1.82, 2.24) is 29.4 Å². The minimum Gasteiger partial charge on any atom is -0.381 e. The summed E-state index contributed by atoms with van der Waals surface area (Å²) in [6, 6.07) is 12.5. The van der Waals surface area contributed by atoms with Crippen LogP contribution in [0.3, 0.4) is 0 Å². The largest absolute Gasteiger partial charge is 0.381 e. The molecule has 2 aliphatic heterocycles. The highest BCUT2D eigenvalue weighted by atomic mass is 32.1. The van der Waals surface area contributed by atoms with E-state index in [4.69, 9.17) is 9.72 Å². The summed E-state index contributed by atoms with van der Waals surface area (Å²) in [5, 5.41) is 7.60. The fourth-order valence-electron chi connectivity index (χ4n) is 6.43. The lowest BCUT2D eigenvalue weighted by Gasteiger charge is -2.24. The number of hydrogen-bond acceptors (Lipinski definition) is 8. The Morgan fingerprint density at radius 1 is 1.10 bits per heavy atom. The fraction of sp³-hybridized carbons (Fsp3) is 0.375. The number of nitrogens with zero attached hydrogens (tertiary/aromatic N) is 5. The molecule has 7 rings (SSSR count). The Kier molecular flexibility index (Phi) is 7.35. The van der Waals surface area contributed by atoms with Gasteiger partial charge in [-0.15, -0.1) is 11.3 Å². The summed E-state index contributed by atoms with van der Waals surface area (Å²) in [4.78, 5) is 29.3. The molecular weight excluding hydrogens is 546 g/mol. The van der Waals surface area contributed by atoms with Crippen molar-refractivity contribution in [3.8, 4) is 11.3 Å². The maximum atomic E-state index is 14.2. The molecule has 2 saturated heterocycles. The Morgan fingerprint density at radius 3 is 2.67 bits per heavy atom. The lowest BCUT2D eigenvalue weighted by atomic mass is 9.93. The molecule has 1 aromatic carbocycles. The van der Waals surface area contributed by atoms with Crippen LogP contribution >= 0.6 is 11.3 Å². The van der Waals surface area contributed by atoms with E-state index in [9.17, 15) is 4.79 Å². The second kappa shape index (κ2) is 11.4. The zero-order chi connectivity index (χ0) is 28.6. The fourth-order valence-corrected chi connectivity index (χ4v) is 7.02.